The lowest BCUT2D eigenvalue weighted by atomic mass is 10.1. The third-order valence-electron chi connectivity index (χ3n) is 3.85. The van der Waals surface area contributed by atoms with E-state index in [0.717, 1.165) is 24.7 Å². The van der Waals surface area contributed by atoms with Crippen molar-refractivity contribution in [2.45, 2.75) is 26.4 Å². The van der Waals surface area contributed by atoms with Crippen molar-refractivity contribution in [3.05, 3.63) is 58.6 Å². The molecule has 6 nitrogen and oxygen atoms in total. The summed E-state index contributed by atoms with van der Waals surface area (Å²) < 4.78 is 0. The van der Waals surface area contributed by atoms with E-state index in [2.05, 4.69) is 12.2 Å². The highest BCUT2D eigenvalue weighted by Gasteiger charge is 2.26. The predicted octanol–water partition coefficient (Wildman–Crippen LogP) is 3.15. The Balaban J connectivity index is 0.000000552. The second-order valence-electron chi connectivity index (χ2n) is 6.08. The largest absolute Gasteiger partial charge is 0.481 e. The number of nitrogens with two attached hydrogens (primary N) is 1. The van der Waals surface area contributed by atoms with Gasteiger partial charge in [-0.1, -0.05) is 29.8 Å². The van der Waals surface area contributed by atoms with Crippen LogP contribution in [-0.2, 0) is 11.3 Å². The lowest BCUT2D eigenvalue weighted by molar-refractivity contribution is -0.134. The highest BCUT2D eigenvalue weighted by Crippen LogP contribution is 2.28. The van der Waals surface area contributed by atoms with Crippen molar-refractivity contribution in [3.8, 4) is 0 Å². The van der Waals surface area contributed by atoms with Gasteiger partial charge in [0, 0.05) is 37.4 Å². The second kappa shape index (κ2) is 8.69. The number of hydrogen-bond acceptors (Lipinski definition) is 4. The minimum atomic E-state index is -0.833. The van der Waals surface area contributed by atoms with Crippen molar-refractivity contribution >= 4 is 34.9 Å². The number of benzene rings is 2. The Morgan fingerprint density at radius 3 is 2.58 bits per heavy atom. The second-order valence-corrected chi connectivity index (χ2v) is 6.49. The molecule has 3 rings (SSSR count). The fourth-order valence-electron chi connectivity index (χ4n) is 2.69. The number of nitrogen functional groups attached to an aromatic ring is 1. The van der Waals surface area contributed by atoms with Gasteiger partial charge in [0.15, 0.2) is 0 Å². The maximum Gasteiger partial charge on any atom is 0.300 e. The van der Waals surface area contributed by atoms with Crippen LogP contribution in [0.5, 0.6) is 0 Å². The average Bonchev–Trinajstić information content (AvgIpc) is 2.73. The number of halogens is 1. The van der Waals surface area contributed by atoms with Crippen LogP contribution in [0.1, 0.15) is 29.8 Å². The number of fused-ring (bicyclic) bond motifs is 1. The van der Waals surface area contributed by atoms with E-state index >= 15 is 0 Å². The van der Waals surface area contributed by atoms with Crippen LogP contribution < -0.4 is 16.0 Å². The molecule has 138 valence electrons. The van der Waals surface area contributed by atoms with Crippen LogP contribution in [0.3, 0.4) is 0 Å². The van der Waals surface area contributed by atoms with Crippen molar-refractivity contribution in [1.82, 2.24) is 5.32 Å². The smallest absolute Gasteiger partial charge is 0.300 e. The summed E-state index contributed by atoms with van der Waals surface area (Å²) in [5.41, 5.74) is 8.76. The molecule has 0 saturated carbocycles. The van der Waals surface area contributed by atoms with Gasteiger partial charge >= 0.3 is 0 Å². The van der Waals surface area contributed by atoms with Gasteiger partial charge in [-0.3, -0.25) is 9.59 Å². The summed E-state index contributed by atoms with van der Waals surface area (Å²) in [6.45, 7) is 4.49. The molecule has 4 N–H and O–H groups in total. The predicted molar refractivity (Wildman–Crippen MR) is 104 cm³/mol. The number of rotatable bonds is 1. The van der Waals surface area contributed by atoms with Gasteiger partial charge in [-0.25, -0.2) is 0 Å². The molecule has 2 aromatic carbocycles. The highest BCUT2D eigenvalue weighted by atomic mass is 35.5. The lowest BCUT2D eigenvalue weighted by Crippen LogP contribution is -2.39. The molecular formula is C19H22ClN3O3. The number of nitrogens with zero attached hydrogens (tertiary/aromatic N) is 1. The minimum Gasteiger partial charge on any atom is -0.481 e. The number of carbonyl (C=O) groups is 2. The van der Waals surface area contributed by atoms with Crippen molar-refractivity contribution in [3.63, 3.8) is 0 Å². The molecule has 0 fully saturated rings. The first-order valence-corrected chi connectivity index (χ1v) is 8.55. The molecule has 2 aromatic rings. The molecule has 1 aliphatic heterocycles. The average molecular weight is 376 g/mol. The number of aliphatic carboxylic acids is 1. The van der Waals surface area contributed by atoms with E-state index in [-0.39, 0.29) is 11.9 Å². The van der Waals surface area contributed by atoms with Crippen LogP contribution in [0, 0.1) is 0 Å². The van der Waals surface area contributed by atoms with Gasteiger partial charge in [0.1, 0.15) is 0 Å². The van der Waals surface area contributed by atoms with Gasteiger partial charge in [0.05, 0.1) is 10.6 Å². The number of anilines is 2. The molecular weight excluding hydrogens is 354 g/mol. The first kappa shape index (κ1) is 19.8. The van der Waals surface area contributed by atoms with Crippen LogP contribution >= 0.6 is 11.6 Å². The third-order valence-corrected chi connectivity index (χ3v) is 4.16. The highest BCUT2D eigenvalue weighted by molar-refractivity contribution is 6.34. The molecule has 1 heterocycles. The van der Waals surface area contributed by atoms with Crippen LogP contribution in [0.2, 0.25) is 5.02 Å². The summed E-state index contributed by atoms with van der Waals surface area (Å²) >= 11 is 6.20. The topological polar surface area (TPSA) is 95.7 Å². The van der Waals surface area contributed by atoms with Gasteiger partial charge < -0.3 is 21.1 Å². The minimum absolute atomic E-state index is 0.104. The molecule has 1 atom stereocenters. The quantitative estimate of drug-likeness (QED) is 0.665. The van der Waals surface area contributed by atoms with Crippen molar-refractivity contribution in [2.75, 3.05) is 17.2 Å². The molecule has 7 heteroatoms. The number of carbonyl (C=O) groups excluding carboxylic acids is 1. The van der Waals surface area contributed by atoms with E-state index in [4.69, 9.17) is 27.2 Å². The van der Waals surface area contributed by atoms with Crippen molar-refractivity contribution < 1.29 is 14.7 Å². The Morgan fingerprint density at radius 2 is 1.92 bits per heavy atom. The van der Waals surface area contributed by atoms with Gasteiger partial charge in [0.2, 0.25) is 0 Å². The standard InChI is InChI=1S/C17H18ClN3O.C2H4O2/c1-11-10-21(16-5-3-2-4-12(16)9-20-11)17(22)14-7-6-13(19)8-15(14)18;1-2(3)4/h2-8,11,20H,9-10,19H2,1H3;1H3,(H,3,4)/t11-;/m1./s1. The fourth-order valence-corrected chi connectivity index (χ4v) is 2.96. The number of para-hydroxylation sites is 1. The summed E-state index contributed by atoms with van der Waals surface area (Å²) in [6.07, 6.45) is 0. The molecule has 0 spiro atoms. The van der Waals surface area contributed by atoms with Crippen LogP contribution in [0.15, 0.2) is 42.5 Å². The van der Waals surface area contributed by atoms with Gasteiger partial charge in [-0.15, -0.1) is 0 Å². The van der Waals surface area contributed by atoms with Crippen molar-refractivity contribution in [2.24, 2.45) is 0 Å². The van der Waals surface area contributed by atoms with E-state index in [1.807, 2.05) is 24.3 Å². The molecule has 0 radical (unpaired) electrons. The lowest BCUT2D eigenvalue weighted by Gasteiger charge is -2.25. The molecule has 0 bridgehead atoms. The van der Waals surface area contributed by atoms with E-state index in [1.165, 1.54) is 0 Å². The molecule has 26 heavy (non-hydrogen) atoms. The van der Waals surface area contributed by atoms with Crippen molar-refractivity contribution in [1.29, 1.82) is 0 Å². The van der Waals surface area contributed by atoms with Crippen LogP contribution in [0.4, 0.5) is 11.4 Å². The molecule has 1 amide bonds. The Hall–Kier alpha value is -2.57. The molecule has 0 unspecified atom stereocenters. The first-order chi connectivity index (χ1) is 12.3. The summed E-state index contributed by atoms with van der Waals surface area (Å²) in [4.78, 5) is 23.8. The normalized spacial score (nSPS) is 16.0. The van der Waals surface area contributed by atoms with E-state index in [9.17, 15) is 4.79 Å². The Morgan fingerprint density at radius 1 is 1.27 bits per heavy atom. The van der Waals surface area contributed by atoms with E-state index in [1.54, 1.807) is 23.1 Å². The summed E-state index contributed by atoms with van der Waals surface area (Å²) in [7, 11) is 0. The number of carboxylic acids is 1. The van der Waals surface area contributed by atoms with E-state index in [0.29, 0.717) is 22.8 Å². The Kier molecular flexibility index (Phi) is 6.60. The summed E-state index contributed by atoms with van der Waals surface area (Å²) in [6, 6.07) is 13.1. The fraction of sp³-hybridized carbons (Fsp3) is 0.263. The zero-order valence-electron chi connectivity index (χ0n) is 14.7. The zero-order chi connectivity index (χ0) is 19.3. The molecule has 0 aliphatic carbocycles. The third kappa shape index (κ3) is 4.97. The maximum atomic E-state index is 13.0. The van der Waals surface area contributed by atoms with Gasteiger partial charge in [-0.05, 0) is 36.8 Å². The first-order valence-electron chi connectivity index (χ1n) is 8.17. The zero-order valence-corrected chi connectivity index (χ0v) is 15.5. The Bertz CT molecular complexity index is 806. The maximum absolute atomic E-state index is 13.0. The van der Waals surface area contributed by atoms with E-state index < -0.39 is 5.97 Å². The van der Waals surface area contributed by atoms with Gasteiger partial charge in [-0.2, -0.15) is 0 Å². The monoisotopic (exact) mass is 375 g/mol. The van der Waals surface area contributed by atoms with Crippen LogP contribution in [-0.4, -0.2) is 29.6 Å². The Labute approximate surface area is 157 Å². The number of hydrogen-bond donors (Lipinski definition) is 3. The number of nitrogens with one attached hydrogen (secondary N) is 1. The van der Waals surface area contributed by atoms with Gasteiger partial charge in [0.25, 0.3) is 11.9 Å². The number of amides is 1. The molecule has 0 saturated heterocycles. The molecule has 0 aromatic heterocycles. The number of carboxylic acid groups (broad SMARTS) is 1. The SMILES string of the molecule is CC(=O)O.C[C@@H]1CN(C(=O)c2ccc(N)cc2Cl)c2ccccc2CN1. The summed E-state index contributed by atoms with van der Waals surface area (Å²) in [5, 5.41) is 11.2. The summed E-state index contributed by atoms with van der Waals surface area (Å²) in [5.74, 6) is -0.937. The molecule has 1 aliphatic rings. The van der Waals surface area contributed by atoms with Crippen LogP contribution in [0.25, 0.3) is 0 Å².